The summed E-state index contributed by atoms with van der Waals surface area (Å²) in [7, 11) is -1.78. The number of nitrogens with zero attached hydrogens (tertiary/aromatic N) is 10. The first-order valence-electron chi connectivity index (χ1n) is 26.3. The van der Waals surface area contributed by atoms with Gasteiger partial charge in [-0.15, -0.1) is 0 Å². The number of hydrogen-bond acceptors (Lipinski definition) is 14. The molecule has 0 unspecified atom stereocenters. The van der Waals surface area contributed by atoms with E-state index in [2.05, 4.69) is 114 Å². The highest BCUT2D eigenvalue weighted by molar-refractivity contribution is 6.74. The van der Waals surface area contributed by atoms with Gasteiger partial charge in [0.15, 0.2) is 8.32 Å². The Bertz CT molecular complexity index is 2830. The Labute approximate surface area is 443 Å². The molecule has 0 aliphatic carbocycles. The van der Waals surface area contributed by atoms with Crippen LogP contribution >= 0.6 is 0 Å². The zero-order valence-corrected chi connectivity index (χ0v) is 46.8. The zero-order chi connectivity index (χ0) is 53.9. The minimum Gasteiger partial charge on any atom is -0.415 e. The molecule has 402 valence electrons. The molecule has 2 aromatic carbocycles. The highest BCUT2D eigenvalue weighted by Gasteiger charge is 2.37. The summed E-state index contributed by atoms with van der Waals surface area (Å²) in [5.74, 6) is 1.36. The van der Waals surface area contributed by atoms with Gasteiger partial charge in [0.05, 0.1) is 85.9 Å². The van der Waals surface area contributed by atoms with E-state index in [0.717, 1.165) is 57.0 Å². The summed E-state index contributed by atoms with van der Waals surface area (Å²) in [5, 5.41) is 24.3. The summed E-state index contributed by atoms with van der Waals surface area (Å²) in [6, 6.07) is 16.3. The van der Waals surface area contributed by atoms with Gasteiger partial charge in [-0.3, -0.25) is 19.0 Å². The predicted molar refractivity (Wildman–Crippen MR) is 295 cm³/mol. The lowest BCUT2D eigenvalue weighted by molar-refractivity contribution is -0.148. The molecule has 19 heteroatoms. The Kier molecular flexibility index (Phi) is 19.1. The Morgan fingerprint density at radius 3 is 1.53 bits per heavy atom. The molecule has 0 saturated carbocycles. The van der Waals surface area contributed by atoms with Gasteiger partial charge in [0, 0.05) is 74.9 Å². The number of carbonyl (C=O) groups excluding carboxylic acids is 2. The van der Waals surface area contributed by atoms with Crippen molar-refractivity contribution in [1.29, 1.82) is 0 Å². The summed E-state index contributed by atoms with van der Waals surface area (Å²) < 4.78 is 21.3. The van der Waals surface area contributed by atoms with Crippen molar-refractivity contribution in [2.75, 3.05) is 50.0 Å². The van der Waals surface area contributed by atoms with Gasteiger partial charge in [-0.1, -0.05) is 45.0 Å². The van der Waals surface area contributed by atoms with Crippen molar-refractivity contribution >= 4 is 43.4 Å². The Morgan fingerprint density at radius 1 is 0.693 bits per heavy atom. The van der Waals surface area contributed by atoms with E-state index in [4.69, 9.17) is 24.0 Å². The molecular weight excluding hydrogens is 965 g/mol. The number of hydrogen-bond donors (Lipinski definition) is 3. The van der Waals surface area contributed by atoms with Crippen LogP contribution in [0.15, 0.2) is 85.7 Å². The van der Waals surface area contributed by atoms with Crippen LogP contribution in [0.3, 0.4) is 0 Å². The lowest BCUT2D eigenvalue weighted by Gasteiger charge is -2.40. The molecule has 2 saturated heterocycles. The highest BCUT2D eigenvalue weighted by Crippen LogP contribution is 2.36. The maximum Gasteiger partial charge on any atom is 0.227 e. The smallest absolute Gasteiger partial charge is 0.227 e. The van der Waals surface area contributed by atoms with Crippen LogP contribution in [0.25, 0.3) is 22.5 Å². The van der Waals surface area contributed by atoms with Gasteiger partial charge in [0.2, 0.25) is 23.7 Å². The Hall–Kier alpha value is -6.38. The number of aromatic nitrogens is 8. The fraction of sp³-hybridized carbons (Fsp3) is 0.500. The van der Waals surface area contributed by atoms with E-state index in [1.807, 2.05) is 66.6 Å². The van der Waals surface area contributed by atoms with Crippen molar-refractivity contribution < 1.29 is 28.6 Å². The van der Waals surface area contributed by atoms with Crippen LogP contribution in [0.4, 0.5) is 23.3 Å². The van der Waals surface area contributed by atoms with Crippen LogP contribution < -0.4 is 10.6 Å². The molecule has 0 atom stereocenters. The van der Waals surface area contributed by atoms with Gasteiger partial charge in [-0.2, -0.15) is 10.2 Å². The van der Waals surface area contributed by atoms with Crippen molar-refractivity contribution in [1.82, 2.24) is 49.3 Å². The van der Waals surface area contributed by atoms with Crippen molar-refractivity contribution in [3.63, 3.8) is 0 Å². The number of aliphatic hydroxyl groups is 1. The van der Waals surface area contributed by atoms with Crippen LogP contribution in [0.5, 0.6) is 0 Å². The van der Waals surface area contributed by atoms with E-state index in [-0.39, 0.29) is 47.9 Å². The van der Waals surface area contributed by atoms with Crippen molar-refractivity contribution in [2.45, 2.75) is 144 Å². The molecule has 0 radical (unpaired) electrons. The first-order valence-corrected chi connectivity index (χ1v) is 29.2. The van der Waals surface area contributed by atoms with Gasteiger partial charge >= 0.3 is 0 Å². The molecule has 3 N–H and O–H groups in total. The SMILES string of the molecule is Cc1cc(-c2ccnc(Nc3cnn(CCO)c3)n2)ccc1CCC(=O)N1CC(OC(C)C)C1.Cc1cc(-c2ccnc(Nc3cnn(CCO[Si](C)(C)C(C)(C)C)c3)n2)ccc1CCC(=O)N1CC(OC(C)C)C1. The number of nitrogens with one attached hydrogen (secondary N) is 2. The average molecular weight is 1040 g/mol. The van der Waals surface area contributed by atoms with E-state index < -0.39 is 8.32 Å². The summed E-state index contributed by atoms with van der Waals surface area (Å²) in [6.07, 6.45) is 13.8. The van der Waals surface area contributed by atoms with E-state index in [1.54, 1.807) is 35.7 Å². The third-order valence-corrected chi connectivity index (χ3v) is 18.4. The molecule has 2 aliphatic rings. The van der Waals surface area contributed by atoms with Crippen molar-refractivity contribution in [2.24, 2.45) is 0 Å². The van der Waals surface area contributed by atoms with Crippen LogP contribution in [0, 0.1) is 13.8 Å². The van der Waals surface area contributed by atoms with Crippen molar-refractivity contribution in [3.05, 3.63) is 108 Å². The maximum absolute atomic E-state index is 12.6. The van der Waals surface area contributed by atoms with Crippen LogP contribution in [0.1, 0.15) is 83.6 Å². The van der Waals surface area contributed by atoms with Crippen LogP contribution in [0.2, 0.25) is 18.1 Å². The molecule has 0 bridgehead atoms. The molecule has 6 aromatic rings. The lowest BCUT2D eigenvalue weighted by Crippen LogP contribution is -2.55. The fourth-order valence-corrected chi connectivity index (χ4v) is 9.56. The van der Waals surface area contributed by atoms with Crippen molar-refractivity contribution in [3.8, 4) is 22.5 Å². The van der Waals surface area contributed by atoms with Gasteiger partial charge in [-0.05, 0) is 119 Å². The molecule has 2 amide bonds. The van der Waals surface area contributed by atoms with Gasteiger partial charge in [-0.25, -0.2) is 19.9 Å². The number of ether oxygens (including phenoxy) is 2. The molecule has 6 heterocycles. The Balaban J connectivity index is 0.000000222. The molecule has 2 fully saturated rings. The average Bonchev–Trinajstić information content (AvgIpc) is 3.98. The van der Waals surface area contributed by atoms with Gasteiger partial charge in [0.1, 0.15) is 0 Å². The van der Waals surface area contributed by atoms with Gasteiger partial charge in [0.25, 0.3) is 0 Å². The molecule has 8 rings (SSSR count). The summed E-state index contributed by atoms with van der Waals surface area (Å²) in [5.41, 5.74) is 9.85. The monoisotopic (exact) mass is 1040 g/mol. The third-order valence-electron chi connectivity index (χ3n) is 13.8. The van der Waals surface area contributed by atoms with E-state index >= 15 is 0 Å². The normalized spacial score (nSPS) is 14.2. The van der Waals surface area contributed by atoms with E-state index in [9.17, 15) is 9.59 Å². The van der Waals surface area contributed by atoms with Gasteiger partial charge < -0.3 is 39.4 Å². The number of benzene rings is 2. The standard InChI is InChI=1S/C31H46N6O3Si.C25H32N6O3/c1-22(2)40-27-20-36(21-27)29(38)12-11-24-9-10-25(17-23(24)3)28-13-14-32-30(35-28)34-26-18-33-37(19-26)15-16-39-41(7,8)31(4,5)6;1-17(2)34-22-15-30(16-22)24(33)7-6-19-4-5-20(12-18(19)3)23-8-9-26-25(29-23)28-21-13-27-31(14-21)10-11-32/h9-10,13-14,17-19,22,27H,11-12,15-16,20-21H2,1-8H3,(H,32,34,35);4-5,8-9,12-14,17,22,32H,6-7,10-11,15-16H2,1-3H3,(H,26,28,29). The number of carbonyl (C=O) groups is 2. The number of likely N-dealkylation sites (tertiary alicyclic amines) is 2. The summed E-state index contributed by atoms with van der Waals surface area (Å²) >= 11 is 0. The maximum atomic E-state index is 12.6. The first kappa shape index (κ1) is 56.3. The Morgan fingerprint density at radius 2 is 1.13 bits per heavy atom. The molecule has 0 spiro atoms. The highest BCUT2D eigenvalue weighted by atomic mass is 28.4. The molecule has 75 heavy (non-hydrogen) atoms. The first-order chi connectivity index (χ1) is 35.7. The van der Waals surface area contributed by atoms with Crippen LogP contribution in [-0.2, 0) is 49.4 Å². The van der Waals surface area contributed by atoms with Crippen LogP contribution in [-0.4, -0.2) is 138 Å². The quantitative estimate of drug-likeness (QED) is 0.0545. The minimum absolute atomic E-state index is 0.0303. The third kappa shape index (κ3) is 16.1. The molecule has 4 aromatic heterocycles. The fourth-order valence-electron chi connectivity index (χ4n) is 8.53. The summed E-state index contributed by atoms with van der Waals surface area (Å²) in [6.45, 7) is 28.1. The predicted octanol–water partition coefficient (Wildman–Crippen LogP) is 8.94. The number of aryl methyl sites for hydroxylation is 4. The molecule has 2 aliphatic heterocycles. The molecule has 18 nitrogen and oxygen atoms in total. The zero-order valence-electron chi connectivity index (χ0n) is 45.8. The summed E-state index contributed by atoms with van der Waals surface area (Å²) in [4.78, 5) is 46.9. The van der Waals surface area contributed by atoms with E-state index in [0.29, 0.717) is 77.0 Å². The number of amides is 2. The topological polar surface area (TPSA) is 200 Å². The lowest BCUT2D eigenvalue weighted by atomic mass is 9.99. The second kappa shape index (κ2) is 25.4. The minimum atomic E-state index is -1.78. The second-order valence-electron chi connectivity index (χ2n) is 21.6. The number of aliphatic hydroxyl groups excluding tert-OH is 1. The number of rotatable bonds is 22. The number of anilines is 4. The van der Waals surface area contributed by atoms with E-state index in [1.165, 1.54) is 5.56 Å². The second-order valence-corrected chi connectivity index (χ2v) is 26.4. The largest absolute Gasteiger partial charge is 0.415 e. The molecular formula is C56H78N12O6Si.